The number of nitro groups is 1. The van der Waals surface area contributed by atoms with Crippen LogP contribution in [0.1, 0.15) is 32.9 Å². The van der Waals surface area contributed by atoms with Crippen LogP contribution in [0.15, 0.2) is 36.4 Å². The summed E-state index contributed by atoms with van der Waals surface area (Å²) in [6.45, 7) is 2.24. The number of benzene rings is 1. The lowest BCUT2D eigenvalue weighted by Crippen LogP contribution is -2.50. The molecule has 2 aliphatic rings. The average Bonchev–Trinajstić information content (AvgIpc) is 3.44. The van der Waals surface area contributed by atoms with E-state index in [0.717, 1.165) is 11.3 Å². The molecular formula is C20H21N3O5S. The zero-order chi connectivity index (χ0) is 20.4. The minimum Gasteiger partial charge on any atom is -0.492 e. The molecule has 1 aromatic heterocycles. The Bertz CT molecular complexity index is 932. The Morgan fingerprint density at radius 2 is 1.69 bits per heavy atom. The largest absolute Gasteiger partial charge is 0.492 e. The summed E-state index contributed by atoms with van der Waals surface area (Å²) in [5, 5.41) is 10.8. The second-order valence-corrected chi connectivity index (χ2v) is 8.29. The SMILES string of the molecule is O=C(c1ccc([N+](=O)[O-])s1)N1CCN(C(=O)c2ccccc2OCC2CC2)CC1. The van der Waals surface area contributed by atoms with Crippen LogP contribution >= 0.6 is 11.3 Å². The van der Waals surface area contributed by atoms with Crippen LogP contribution in [0.5, 0.6) is 5.75 Å². The Balaban J connectivity index is 1.37. The van der Waals surface area contributed by atoms with Crippen molar-refractivity contribution in [1.29, 1.82) is 0 Å². The average molecular weight is 415 g/mol. The molecule has 1 aromatic carbocycles. The molecule has 0 unspecified atom stereocenters. The number of amides is 2. The van der Waals surface area contributed by atoms with Crippen molar-refractivity contribution in [2.24, 2.45) is 5.92 Å². The smallest absolute Gasteiger partial charge is 0.324 e. The van der Waals surface area contributed by atoms with Crippen molar-refractivity contribution in [1.82, 2.24) is 9.80 Å². The lowest BCUT2D eigenvalue weighted by atomic mass is 10.1. The number of ether oxygens (including phenoxy) is 1. The van der Waals surface area contributed by atoms with E-state index in [2.05, 4.69) is 0 Å². The third-order valence-corrected chi connectivity index (χ3v) is 6.15. The van der Waals surface area contributed by atoms with Gasteiger partial charge >= 0.3 is 5.00 Å². The summed E-state index contributed by atoms with van der Waals surface area (Å²) >= 11 is 0.874. The van der Waals surface area contributed by atoms with Gasteiger partial charge in [0.05, 0.1) is 22.0 Å². The molecule has 9 heteroatoms. The molecule has 152 valence electrons. The fourth-order valence-electron chi connectivity index (χ4n) is 3.24. The molecule has 1 aliphatic carbocycles. The van der Waals surface area contributed by atoms with Crippen LogP contribution in [-0.4, -0.2) is 59.3 Å². The molecule has 2 amide bonds. The summed E-state index contributed by atoms with van der Waals surface area (Å²) in [5.41, 5.74) is 0.543. The molecule has 0 spiro atoms. The van der Waals surface area contributed by atoms with Gasteiger partial charge in [0.2, 0.25) is 0 Å². The second-order valence-electron chi connectivity index (χ2n) is 7.23. The first-order valence-electron chi connectivity index (χ1n) is 9.57. The van der Waals surface area contributed by atoms with Crippen molar-refractivity contribution in [3.05, 3.63) is 57.0 Å². The van der Waals surface area contributed by atoms with Crippen LogP contribution in [0.2, 0.25) is 0 Å². The van der Waals surface area contributed by atoms with Crippen LogP contribution < -0.4 is 4.74 Å². The third-order valence-electron chi connectivity index (χ3n) is 5.13. The van der Waals surface area contributed by atoms with Crippen LogP contribution in [0.25, 0.3) is 0 Å². The van der Waals surface area contributed by atoms with Crippen molar-refractivity contribution in [3.8, 4) is 5.75 Å². The first-order chi connectivity index (χ1) is 14.0. The van der Waals surface area contributed by atoms with E-state index in [1.54, 1.807) is 15.9 Å². The fourth-order valence-corrected chi connectivity index (χ4v) is 4.03. The highest BCUT2D eigenvalue weighted by molar-refractivity contribution is 7.17. The number of hydrogen-bond acceptors (Lipinski definition) is 6. The maximum absolute atomic E-state index is 13.0. The quantitative estimate of drug-likeness (QED) is 0.534. The summed E-state index contributed by atoms with van der Waals surface area (Å²) in [4.78, 5) is 39.6. The molecule has 2 aromatic rings. The maximum atomic E-state index is 13.0. The molecular weight excluding hydrogens is 394 g/mol. The predicted octanol–water partition coefficient (Wildman–Crippen LogP) is 3.04. The summed E-state index contributed by atoms with van der Waals surface area (Å²) in [7, 11) is 0. The van der Waals surface area contributed by atoms with E-state index >= 15 is 0 Å². The Morgan fingerprint density at radius 3 is 2.31 bits per heavy atom. The molecule has 2 fully saturated rings. The minimum absolute atomic E-state index is 0.0510. The fraction of sp³-hybridized carbons (Fsp3) is 0.400. The highest BCUT2D eigenvalue weighted by Crippen LogP contribution is 2.31. The number of piperazine rings is 1. The number of thiophene rings is 1. The molecule has 0 radical (unpaired) electrons. The normalized spacial score (nSPS) is 16.6. The van der Waals surface area contributed by atoms with Crippen molar-refractivity contribution < 1.29 is 19.2 Å². The minimum atomic E-state index is -0.499. The zero-order valence-corrected chi connectivity index (χ0v) is 16.6. The van der Waals surface area contributed by atoms with E-state index in [1.165, 1.54) is 25.0 Å². The number of para-hydroxylation sites is 1. The Morgan fingerprint density at radius 1 is 1.03 bits per heavy atom. The van der Waals surface area contributed by atoms with Gasteiger partial charge in [0.15, 0.2) is 0 Å². The van der Waals surface area contributed by atoms with Gasteiger partial charge in [-0.15, -0.1) is 0 Å². The van der Waals surface area contributed by atoms with E-state index < -0.39 is 4.92 Å². The standard InChI is InChI=1S/C20H21N3O5S/c24-19(15-3-1-2-4-16(15)28-13-14-5-6-14)21-9-11-22(12-10-21)20(25)17-7-8-18(29-17)23(26)27/h1-4,7-8,14H,5-6,9-13H2. The van der Waals surface area contributed by atoms with Gasteiger partial charge in [-0.3, -0.25) is 19.7 Å². The number of nitrogens with zero attached hydrogens (tertiary/aromatic N) is 3. The van der Waals surface area contributed by atoms with Gasteiger partial charge < -0.3 is 14.5 Å². The Hall–Kier alpha value is -2.94. The topological polar surface area (TPSA) is 93.0 Å². The molecule has 1 saturated heterocycles. The van der Waals surface area contributed by atoms with Crippen molar-refractivity contribution >= 4 is 28.2 Å². The zero-order valence-electron chi connectivity index (χ0n) is 15.8. The van der Waals surface area contributed by atoms with E-state index in [4.69, 9.17) is 4.74 Å². The van der Waals surface area contributed by atoms with Gasteiger partial charge in [0, 0.05) is 32.2 Å². The lowest BCUT2D eigenvalue weighted by Gasteiger charge is -2.34. The maximum Gasteiger partial charge on any atom is 0.324 e. The summed E-state index contributed by atoms with van der Waals surface area (Å²) in [5.74, 6) is 0.869. The van der Waals surface area contributed by atoms with E-state index in [9.17, 15) is 19.7 Å². The second kappa shape index (κ2) is 8.20. The van der Waals surface area contributed by atoms with Crippen molar-refractivity contribution in [2.45, 2.75) is 12.8 Å². The lowest BCUT2D eigenvalue weighted by molar-refractivity contribution is -0.380. The molecule has 4 rings (SSSR count). The molecule has 0 bridgehead atoms. The highest BCUT2D eigenvalue weighted by Gasteiger charge is 2.29. The third kappa shape index (κ3) is 4.40. The molecule has 0 N–H and O–H groups in total. The molecule has 8 nitrogen and oxygen atoms in total. The summed E-state index contributed by atoms with van der Waals surface area (Å²) in [6.07, 6.45) is 2.36. The first-order valence-corrected chi connectivity index (χ1v) is 10.4. The van der Waals surface area contributed by atoms with Crippen LogP contribution in [0.3, 0.4) is 0 Å². The summed E-state index contributed by atoms with van der Waals surface area (Å²) in [6, 6.07) is 10.1. The monoisotopic (exact) mass is 415 g/mol. The van der Waals surface area contributed by atoms with Gasteiger partial charge in [-0.2, -0.15) is 0 Å². The molecule has 1 saturated carbocycles. The molecule has 29 heavy (non-hydrogen) atoms. The van der Waals surface area contributed by atoms with Crippen molar-refractivity contribution in [3.63, 3.8) is 0 Å². The molecule has 2 heterocycles. The van der Waals surface area contributed by atoms with Crippen LogP contribution in [0.4, 0.5) is 5.00 Å². The van der Waals surface area contributed by atoms with E-state index in [1.807, 2.05) is 18.2 Å². The highest BCUT2D eigenvalue weighted by atomic mass is 32.1. The van der Waals surface area contributed by atoms with Gasteiger partial charge in [0.1, 0.15) is 5.75 Å². The number of carbonyl (C=O) groups excluding carboxylic acids is 2. The van der Waals surface area contributed by atoms with Gasteiger partial charge in [-0.05, 0) is 37.0 Å². The van der Waals surface area contributed by atoms with Crippen LogP contribution in [0, 0.1) is 16.0 Å². The van der Waals surface area contributed by atoms with Crippen LogP contribution in [-0.2, 0) is 0 Å². The predicted molar refractivity (Wildman–Crippen MR) is 107 cm³/mol. The van der Waals surface area contributed by atoms with Gasteiger partial charge in [-0.25, -0.2) is 0 Å². The first kappa shape index (κ1) is 19.4. The number of hydrogen-bond donors (Lipinski definition) is 0. The Kier molecular flexibility index (Phi) is 5.48. The van der Waals surface area contributed by atoms with Crippen molar-refractivity contribution in [2.75, 3.05) is 32.8 Å². The Labute approximate surface area is 171 Å². The molecule has 0 atom stereocenters. The number of rotatable bonds is 6. The number of carbonyl (C=O) groups is 2. The molecule has 1 aliphatic heterocycles. The van der Waals surface area contributed by atoms with E-state index in [0.29, 0.717) is 54.9 Å². The van der Waals surface area contributed by atoms with Gasteiger partial charge in [-0.1, -0.05) is 23.5 Å². The van der Waals surface area contributed by atoms with Gasteiger partial charge in [0.25, 0.3) is 11.8 Å². The van der Waals surface area contributed by atoms with E-state index in [-0.39, 0.29) is 16.8 Å². The summed E-state index contributed by atoms with van der Waals surface area (Å²) < 4.78 is 5.85.